The van der Waals surface area contributed by atoms with Gasteiger partial charge in [-0.15, -0.1) is 0 Å². The molecule has 5 heteroatoms. The molecule has 0 aliphatic heterocycles. The zero-order chi connectivity index (χ0) is 14.0. The molecule has 1 aliphatic rings. The van der Waals surface area contributed by atoms with Gasteiger partial charge in [-0.1, -0.05) is 13.8 Å². The number of hydrogen-bond acceptors (Lipinski definition) is 2. The van der Waals surface area contributed by atoms with Gasteiger partial charge in [0.25, 0.3) is 0 Å². The van der Waals surface area contributed by atoms with Gasteiger partial charge in [0.1, 0.15) is 5.60 Å². The molecular weight excluding hydrogens is 245 g/mol. The molecule has 0 aromatic heterocycles. The molecule has 0 aromatic carbocycles. The molecule has 1 atom stereocenters. The maximum atomic E-state index is 13.0. The maximum absolute atomic E-state index is 13.0. The van der Waals surface area contributed by atoms with E-state index in [0.717, 1.165) is 19.8 Å². The number of carbonyl (C=O) groups excluding carboxylic acids is 1. The minimum Gasteiger partial charge on any atom is -0.458 e. The van der Waals surface area contributed by atoms with Crippen molar-refractivity contribution in [2.75, 3.05) is 0 Å². The second kappa shape index (κ2) is 5.10. The summed E-state index contributed by atoms with van der Waals surface area (Å²) in [7, 11) is 0. The van der Waals surface area contributed by atoms with E-state index in [1.54, 1.807) is 0 Å². The molecule has 1 aliphatic carbocycles. The third-order valence-electron chi connectivity index (χ3n) is 4.25. The minimum absolute atomic E-state index is 0.297. The number of carbonyl (C=O) groups is 1. The number of halogens is 3. The normalized spacial score (nSPS) is 22.6. The van der Waals surface area contributed by atoms with Gasteiger partial charge in [0, 0.05) is 0 Å². The van der Waals surface area contributed by atoms with Crippen molar-refractivity contribution >= 4 is 5.97 Å². The summed E-state index contributed by atoms with van der Waals surface area (Å²) in [5.74, 6) is -1.12. The first-order valence-electron chi connectivity index (χ1n) is 6.51. The quantitative estimate of drug-likeness (QED) is 0.712. The number of rotatable bonds is 4. The van der Waals surface area contributed by atoms with Gasteiger partial charge >= 0.3 is 12.1 Å². The highest BCUT2D eigenvalue weighted by atomic mass is 19.4. The molecule has 0 aromatic rings. The Hall–Kier alpha value is -0.740. The lowest BCUT2D eigenvalue weighted by Gasteiger charge is -2.35. The summed E-state index contributed by atoms with van der Waals surface area (Å²) in [6, 6.07) is 0. The van der Waals surface area contributed by atoms with E-state index in [9.17, 15) is 18.0 Å². The van der Waals surface area contributed by atoms with E-state index < -0.39 is 23.2 Å². The summed E-state index contributed by atoms with van der Waals surface area (Å²) in [5, 5.41) is 0. The van der Waals surface area contributed by atoms with Gasteiger partial charge in [-0.2, -0.15) is 13.2 Å². The second-order valence-electron chi connectivity index (χ2n) is 5.32. The zero-order valence-electron chi connectivity index (χ0n) is 11.2. The fourth-order valence-electron chi connectivity index (χ4n) is 2.32. The van der Waals surface area contributed by atoms with Gasteiger partial charge < -0.3 is 4.74 Å². The van der Waals surface area contributed by atoms with Crippen LogP contribution in [-0.2, 0) is 9.53 Å². The van der Waals surface area contributed by atoms with Crippen LogP contribution in [0.15, 0.2) is 0 Å². The van der Waals surface area contributed by atoms with Gasteiger partial charge in [0.15, 0.2) is 5.41 Å². The van der Waals surface area contributed by atoms with Crippen molar-refractivity contribution in [3.63, 3.8) is 0 Å². The number of hydrogen-bond donors (Lipinski definition) is 0. The molecule has 0 bridgehead atoms. The van der Waals surface area contributed by atoms with Crippen molar-refractivity contribution in [1.82, 2.24) is 0 Å². The Bertz CT molecular complexity index is 306. The molecule has 1 fully saturated rings. The molecular formula is C13H21F3O2. The van der Waals surface area contributed by atoms with E-state index in [0.29, 0.717) is 19.3 Å². The molecule has 1 unspecified atom stereocenters. The van der Waals surface area contributed by atoms with E-state index in [-0.39, 0.29) is 6.42 Å². The van der Waals surface area contributed by atoms with Crippen LogP contribution in [0.2, 0.25) is 0 Å². The zero-order valence-corrected chi connectivity index (χ0v) is 11.2. The van der Waals surface area contributed by atoms with E-state index >= 15 is 0 Å². The predicted octanol–water partition coefficient (Wildman–Crippen LogP) is 4.23. The lowest BCUT2D eigenvalue weighted by Crippen LogP contribution is -2.46. The van der Waals surface area contributed by atoms with Crippen molar-refractivity contribution < 1.29 is 22.7 Å². The molecule has 0 saturated heterocycles. The average Bonchev–Trinajstić information content (AvgIpc) is 2.75. The molecule has 2 nitrogen and oxygen atoms in total. The molecule has 106 valence electrons. The number of ether oxygens (including phenoxy) is 1. The maximum Gasteiger partial charge on any atom is 0.404 e. The van der Waals surface area contributed by atoms with E-state index in [2.05, 4.69) is 0 Å². The van der Waals surface area contributed by atoms with Crippen LogP contribution in [0.5, 0.6) is 0 Å². The third-order valence-corrected chi connectivity index (χ3v) is 4.25. The van der Waals surface area contributed by atoms with Crippen LogP contribution < -0.4 is 0 Å². The molecule has 0 N–H and O–H groups in total. The Morgan fingerprint density at radius 2 is 1.72 bits per heavy atom. The topological polar surface area (TPSA) is 26.3 Å². The van der Waals surface area contributed by atoms with Crippen molar-refractivity contribution in [3.05, 3.63) is 0 Å². The van der Waals surface area contributed by atoms with Gasteiger partial charge in [-0.05, 0) is 45.4 Å². The molecule has 0 heterocycles. The van der Waals surface area contributed by atoms with E-state index in [1.165, 1.54) is 6.92 Å². The summed E-state index contributed by atoms with van der Waals surface area (Å²) in [4.78, 5) is 11.9. The molecule has 0 radical (unpaired) electrons. The summed E-state index contributed by atoms with van der Waals surface area (Å²) >= 11 is 0. The van der Waals surface area contributed by atoms with Gasteiger partial charge in [0.2, 0.25) is 0 Å². The molecule has 0 amide bonds. The Morgan fingerprint density at radius 3 is 2.06 bits per heavy atom. The molecule has 18 heavy (non-hydrogen) atoms. The van der Waals surface area contributed by atoms with Crippen molar-refractivity contribution in [2.45, 2.75) is 71.1 Å². The van der Waals surface area contributed by atoms with Crippen LogP contribution in [0.4, 0.5) is 13.2 Å². The average molecular weight is 266 g/mol. The fourth-order valence-corrected chi connectivity index (χ4v) is 2.32. The highest BCUT2D eigenvalue weighted by Crippen LogP contribution is 2.45. The summed E-state index contributed by atoms with van der Waals surface area (Å²) in [6.45, 7) is 4.14. The first-order chi connectivity index (χ1) is 8.21. The second-order valence-corrected chi connectivity index (χ2v) is 5.32. The van der Waals surface area contributed by atoms with Gasteiger partial charge in [-0.25, -0.2) is 0 Å². The SMILES string of the molecule is CCC1(OC(=O)C(C)(CC)C(F)(F)F)CCCC1. The highest BCUT2D eigenvalue weighted by Gasteiger charge is 2.58. The lowest BCUT2D eigenvalue weighted by atomic mass is 9.86. The van der Waals surface area contributed by atoms with Gasteiger partial charge in [0.05, 0.1) is 0 Å². The van der Waals surface area contributed by atoms with Gasteiger partial charge in [-0.3, -0.25) is 4.79 Å². The van der Waals surface area contributed by atoms with Crippen molar-refractivity contribution in [2.24, 2.45) is 5.41 Å². The third kappa shape index (κ3) is 2.64. The van der Waals surface area contributed by atoms with Crippen molar-refractivity contribution in [3.8, 4) is 0 Å². The Morgan fingerprint density at radius 1 is 1.22 bits per heavy atom. The van der Waals surface area contributed by atoms with Crippen LogP contribution in [0.3, 0.4) is 0 Å². The molecule has 1 rings (SSSR count). The number of alkyl halides is 3. The van der Waals surface area contributed by atoms with Crippen LogP contribution in [0, 0.1) is 5.41 Å². The Labute approximate surface area is 106 Å². The first kappa shape index (κ1) is 15.3. The monoisotopic (exact) mass is 266 g/mol. The summed E-state index contributed by atoms with van der Waals surface area (Å²) in [6.07, 6.45) is -1.11. The smallest absolute Gasteiger partial charge is 0.404 e. The standard InChI is InChI=1S/C13H21F3O2/c1-4-11(3,13(14,15)16)10(17)18-12(5-2)8-6-7-9-12/h4-9H2,1-3H3. The summed E-state index contributed by atoms with van der Waals surface area (Å²) in [5.41, 5.74) is -3.06. The van der Waals surface area contributed by atoms with Crippen LogP contribution in [0.25, 0.3) is 0 Å². The van der Waals surface area contributed by atoms with E-state index in [4.69, 9.17) is 4.74 Å². The largest absolute Gasteiger partial charge is 0.458 e. The Kier molecular flexibility index (Phi) is 4.34. The first-order valence-corrected chi connectivity index (χ1v) is 6.51. The fraction of sp³-hybridized carbons (Fsp3) is 0.923. The highest BCUT2D eigenvalue weighted by molar-refractivity contribution is 5.77. The number of esters is 1. The van der Waals surface area contributed by atoms with Crippen LogP contribution >= 0.6 is 0 Å². The van der Waals surface area contributed by atoms with Crippen LogP contribution in [0.1, 0.15) is 59.3 Å². The predicted molar refractivity (Wildman–Crippen MR) is 62.0 cm³/mol. The summed E-state index contributed by atoms with van der Waals surface area (Å²) < 4.78 is 44.1. The molecule has 0 spiro atoms. The molecule has 1 saturated carbocycles. The van der Waals surface area contributed by atoms with Crippen LogP contribution in [-0.4, -0.2) is 17.7 Å². The van der Waals surface area contributed by atoms with E-state index in [1.807, 2.05) is 6.92 Å². The van der Waals surface area contributed by atoms with Crippen molar-refractivity contribution in [1.29, 1.82) is 0 Å². The lowest BCUT2D eigenvalue weighted by molar-refractivity contribution is -0.238. The Balaban J connectivity index is 2.86. The minimum atomic E-state index is -4.56.